The Labute approximate surface area is 114 Å². The highest BCUT2D eigenvalue weighted by molar-refractivity contribution is 6.33. The van der Waals surface area contributed by atoms with Gasteiger partial charge in [-0.2, -0.15) is 0 Å². The third kappa shape index (κ3) is 3.59. The Morgan fingerprint density at radius 2 is 2.17 bits per heavy atom. The predicted octanol–water partition coefficient (Wildman–Crippen LogP) is 3.34. The smallest absolute Gasteiger partial charge is 0.182 e. The molecule has 0 aliphatic carbocycles. The predicted molar refractivity (Wildman–Crippen MR) is 74.7 cm³/mol. The average molecular weight is 272 g/mol. The van der Waals surface area contributed by atoms with E-state index in [9.17, 15) is 4.79 Å². The fraction of sp³-hybridized carbons (Fsp3) is 0.643. The molecule has 1 unspecified atom stereocenters. The first kappa shape index (κ1) is 15.3. The number of halogens is 1. The van der Waals surface area contributed by atoms with Gasteiger partial charge in [-0.1, -0.05) is 0 Å². The van der Waals surface area contributed by atoms with Gasteiger partial charge < -0.3 is 9.30 Å². The molecule has 0 bridgehead atoms. The maximum atomic E-state index is 11.9. The lowest BCUT2D eigenvalue weighted by atomic mass is 10.1. The Bertz CT molecular complexity index is 410. The fourth-order valence-electron chi connectivity index (χ4n) is 2.08. The van der Waals surface area contributed by atoms with E-state index in [1.54, 1.807) is 6.92 Å². The molecule has 1 aromatic heterocycles. The minimum absolute atomic E-state index is 0.000764. The van der Waals surface area contributed by atoms with E-state index in [0.717, 1.165) is 43.1 Å². The van der Waals surface area contributed by atoms with Crippen LogP contribution in [0.5, 0.6) is 0 Å². The van der Waals surface area contributed by atoms with Crippen molar-refractivity contribution >= 4 is 17.4 Å². The molecule has 1 heterocycles. The number of Topliss-reactive ketones (excluding diaryl/α,β-unsaturated/α-hetero) is 1. The van der Waals surface area contributed by atoms with E-state index in [1.165, 1.54) is 0 Å². The number of ketones is 1. The van der Waals surface area contributed by atoms with Crippen molar-refractivity contribution in [1.29, 1.82) is 0 Å². The number of hydrogen-bond acceptors (Lipinski definition) is 2. The zero-order chi connectivity index (χ0) is 13.7. The molecule has 0 aliphatic heterocycles. The van der Waals surface area contributed by atoms with Crippen LogP contribution in [0.1, 0.15) is 42.0 Å². The van der Waals surface area contributed by atoms with E-state index >= 15 is 0 Å². The molecule has 0 radical (unpaired) electrons. The number of aryl methyl sites for hydroxylation is 1. The number of aromatic nitrogens is 1. The Morgan fingerprint density at radius 1 is 1.50 bits per heavy atom. The first-order valence-corrected chi connectivity index (χ1v) is 6.85. The summed E-state index contributed by atoms with van der Waals surface area (Å²) in [6, 6.07) is 1.93. The van der Waals surface area contributed by atoms with Crippen molar-refractivity contribution in [2.75, 3.05) is 13.2 Å². The van der Waals surface area contributed by atoms with Crippen LogP contribution in [-0.2, 0) is 11.3 Å². The maximum absolute atomic E-state index is 11.9. The molecule has 0 saturated heterocycles. The second-order valence-electron chi connectivity index (χ2n) is 4.47. The molecule has 0 fully saturated rings. The van der Waals surface area contributed by atoms with Gasteiger partial charge in [-0.05, 0) is 40.2 Å². The third-order valence-corrected chi connectivity index (χ3v) is 3.27. The van der Waals surface area contributed by atoms with Gasteiger partial charge in [-0.3, -0.25) is 4.79 Å². The molecule has 0 amide bonds. The summed E-state index contributed by atoms with van der Waals surface area (Å²) in [5.74, 6) is 0.000764. The molecule has 0 saturated carbocycles. The average Bonchev–Trinajstić information content (AvgIpc) is 2.60. The minimum Gasteiger partial charge on any atom is -0.382 e. The lowest BCUT2D eigenvalue weighted by molar-refractivity contribution is 0.0991. The van der Waals surface area contributed by atoms with Crippen LogP contribution >= 0.6 is 11.6 Å². The highest BCUT2D eigenvalue weighted by atomic mass is 35.5. The molecule has 3 nitrogen and oxygen atoms in total. The summed E-state index contributed by atoms with van der Waals surface area (Å²) in [6.45, 7) is 10.1. The van der Waals surface area contributed by atoms with Gasteiger partial charge >= 0.3 is 0 Å². The van der Waals surface area contributed by atoms with Gasteiger partial charge in [-0.15, -0.1) is 11.6 Å². The fourth-order valence-corrected chi connectivity index (χ4v) is 2.20. The first-order chi connectivity index (χ1) is 8.49. The summed E-state index contributed by atoms with van der Waals surface area (Å²) < 4.78 is 7.48. The Kier molecular flexibility index (Phi) is 5.89. The number of alkyl halides is 1. The minimum atomic E-state index is -0.470. The molecule has 4 heteroatoms. The number of carbonyl (C=O) groups is 1. The van der Waals surface area contributed by atoms with E-state index in [2.05, 4.69) is 4.57 Å². The van der Waals surface area contributed by atoms with Gasteiger partial charge in [0.2, 0.25) is 0 Å². The summed E-state index contributed by atoms with van der Waals surface area (Å²) in [6.07, 6.45) is 0.953. The molecular formula is C14H22ClNO2. The van der Waals surface area contributed by atoms with Crippen LogP contribution in [0.3, 0.4) is 0 Å². The number of ether oxygens (including phenoxy) is 1. The van der Waals surface area contributed by atoms with Crippen molar-refractivity contribution in [2.45, 2.75) is 46.0 Å². The van der Waals surface area contributed by atoms with Crippen LogP contribution in [-0.4, -0.2) is 28.9 Å². The molecule has 0 N–H and O–H groups in total. The second kappa shape index (κ2) is 6.95. The SMILES string of the molecule is CCOCCCn1c(C)cc(C(=O)C(C)Cl)c1C. The summed E-state index contributed by atoms with van der Waals surface area (Å²) in [5.41, 5.74) is 2.84. The van der Waals surface area contributed by atoms with E-state index < -0.39 is 5.38 Å². The summed E-state index contributed by atoms with van der Waals surface area (Å²) >= 11 is 5.86. The standard InChI is InChI=1S/C14H22ClNO2/c1-5-18-8-6-7-16-10(2)9-13(12(16)4)14(17)11(3)15/h9,11H,5-8H2,1-4H3. The van der Waals surface area contributed by atoms with E-state index in [-0.39, 0.29) is 5.78 Å². The summed E-state index contributed by atoms with van der Waals surface area (Å²) in [5, 5.41) is -0.470. The lowest BCUT2D eigenvalue weighted by Crippen LogP contribution is -2.12. The van der Waals surface area contributed by atoms with E-state index in [0.29, 0.717) is 0 Å². The molecule has 1 atom stereocenters. The van der Waals surface area contributed by atoms with Crippen LogP contribution in [0.15, 0.2) is 6.07 Å². The van der Waals surface area contributed by atoms with Crippen LogP contribution in [0.4, 0.5) is 0 Å². The van der Waals surface area contributed by atoms with E-state index in [4.69, 9.17) is 16.3 Å². The van der Waals surface area contributed by atoms with Crippen molar-refractivity contribution in [3.63, 3.8) is 0 Å². The monoisotopic (exact) mass is 271 g/mol. The van der Waals surface area contributed by atoms with Gasteiger partial charge in [-0.25, -0.2) is 0 Å². The number of nitrogens with zero attached hydrogens (tertiary/aromatic N) is 1. The van der Waals surface area contributed by atoms with Gasteiger partial charge in [0.15, 0.2) is 5.78 Å². The normalized spacial score (nSPS) is 12.7. The van der Waals surface area contributed by atoms with Gasteiger partial charge in [0.1, 0.15) is 0 Å². The number of hydrogen-bond donors (Lipinski definition) is 0. The molecule has 102 valence electrons. The van der Waals surface area contributed by atoms with Crippen molar-refractivity contribution in [3.8, 4) is 0 Å². The lowest BCUT2D eigenvalue weighted by Gasteiger charge is -2.10. The van der Waals surface area contributed by atoms with Crippen LogP contribution in [0.2, 0.25) is 0 Å². The quantitative estimate of drug-likeness (QED) is 0.433. The molecule has 0 aromatic carbocycles. The largest absolute Gasteiger partial charge is 0.382 e. The van der Waals surface area contributed by atoms with Crippen molar-refractivity contribution < 1.29 is 9.53 Å². The molecule has 0 spiro atoms. The topological polar surface area (TPSA) is 31.2 Å². The molecule has 1 rings (SSSR count). The zero-order valence-corrected chi connectivity index (χ0v) is 12.4. The summed E-state index contributed by atoms with van der Waals surface area (Å²) in [4.78, 5) is 11.9. The molecule has 18 heavy (non-hydrogen) atoms. The first-order valence-electron chi connectivity index (χ1n) is 6.41. The van der Waals surface area contributed by atoms with Crippen molar-refractivity contribution in [3.05, 3.63) is 23.0 Å². The van der Waals surface area contributed by atoms with Crippen LogP contribution < -0.4 is 0 Å². The summed E-state index contributed by atoms with van der Waals surface area (Å²) in [7, 11) is 0. The molecule has 0 aliphatic rings. The Balaban J connectivity index is 2.78. The molecule has 1 aromatic rings. The van der Waals surface area contributed by atoms with Crippen LogP contribution in [0, 0.1) is 13.8 Å². The highest BCUT2D eigenvalue weighted by Crippen LogP contribution is 2.18. The third-order valence-electron chi connectivity index (χ3n) is 3.07. The van der Waals surface area contributed by atoms with Gasteiger partial charge in [0.25, 0.3) is 0 Å². The van der Waals surface area contributed by atoms with Crippen LogP contribution in [0.25, 0.3) is 0 Å². The zero-order valence-electron chi connectivity index (χ0n) is 11.6. The Morgan fingerprint density at radius 3 is 2.72 bits per heavy atom. The van der Waals surface area contributed by atoms with Crippen molar-refractivity contribution in [1.82, 2.24) is 4.57 Å². The number of rotatable bonds is 7. The molecular weight excluding hydrogens is 250 g/mol. The van der Waals surface area contributed by atoms with Gasteiger partial charge in [0, 0.05) is 36.7 Å². The van der Waals surface area contributed by atoms with Gasteiger partial charge in [0.05, 0.1) is 5.38 Å². The van der Waals surface area contributed by atoms with Crippen molar-refractivity contribution in [2.24, 2.45) is 0 Å². The van der Waals surface area contributed by atoms with E-state index in [1.807, 2.05) is 26.8 Å². The highest BCUT2D eigenvalue weighted by Gasteiger charge is 2.18. The maximum Gasteiger partial charge on any atom is 0.182 e. The Hall–Kier alpha value is -0.800. The second-order valence-corrected chi connectivity index (χ2v) is 5.12. The number of carbonyl (C=O) groups excluding carboxylic acids is 1.